The van der Waals surface area contributed by atoms with Crippen LogP contribution in [0, 0.1) is 11.8 Å². The van der Waals surface area contributed by atoms with Crippen molar-refractivity contribution in [2.75, 3.05) is 13.2 Å². The summed E-state index contributed by atoms with van der Waals surface area (Å²) in [6.45, 7) is 0.851. The zero-order valence-corrected chi connectivity index (χ0v) is 16.2. The Morgan fingerprint density at radius 1 is 1.21 bits per heavy atom. The van der Waals surface area contributed by atoms with Crippen molar-refractivity contribution in [3.63, 3.8) is 0 Å². The average Bonchev–Trinajstić information content (AvgIpc) is 3.59. The molecular formula is C22H29NO5. The molecule has 0 radical (unpaired) electrons. The van der Waals surface area contributed by atoms with Crippen molar-refractivity contribution < 1.29 is 24.2 Å². The molecule has 2 saturated carbocycles. The minimum Gasteiger partial charge on any atom is -0.479 e. The molecule has 0 aromatic carbocycles. The van der Waals surface area contributed by atoms with Crippen molar-refractivity contribution in [1.29, 1.82) is 0 Å². The first kappa shape index (κ1) is 19.4. The highest BCUT2D eigenvalue weighted by Gasteiger charge is 2.37. The number of pyridine rings is 1. The van der Waals surface area contributed by atoms with Crippen LogP contribution in [-0.2, 0) is 22.4 Å². The van der Waals surface area contributed by atoms with Gasteiger partial charge in [-0.1, -0.05) is 25.7 Å². The lowest BCUT2D eigenvalue weighted by atomic mass is 9.92. The molecular weight excluding hydrogens is 358 g/mol. The molecule has 0 aliphatic heterocycles. The van der Waals surface area contributed by atoms with Gasteiger partial charge in [-0.2, -0.15) is 0 Å². The number of furan rings is 1. The molecule has 28 heavy (non-hydrogen) atoms. The van der Waals surface area contributed by atoms with E-state index in [2.05, 4.69) is 4.98 Å². The zero-order chi connectivity index (χ0) is 19.6. The molecule has 0 amide bonds. The van der Waals surface area contributed by atoms with Gasteiger partial charge < -0.3 is 19.4 Å². The predicted molar refractivity (Wildman–Crippen MR) is 104 cm³/mol. The number of ether oxygens (including phenoxy) is 1. The largest absolute Gasteiger partial charge is 0.479 e. The Bertz CT molecular complexity index is 823. The SMILES string of the molecule is O=C(O)C(O)(CCOCCC1CC1)Cc1nccc2oc(CCC3CC3)cc12. The molecule has 2 aliphatic rings. The van der Waals surface area contributed by atoms with E-state index in [1.54, 1.807) is 12.3 Å². The fraction of sp³-hybridized carbons (Fsp3) is 0.636. The minimum absolute atomic E-state index is 0.0391. The van der Waals surface area contributed by atoms with Crippen LogP contribution in [-0.4, -0.2) is 40.0 Å². The lowest BCUT2D eigenvalue weighted by Gasteiger charge is -2.23. The van der Waals surface area contributed by atoms with Gasteiger partial charge in [0.05, 0.1) is 5.69 Å². The van der Waals surface area contributed by atoms with Gasteiger partial charge in [-0.3, -0.25) is 4.98 Å². The van der Waals surface area contributed by atoms with Gasteiger partial charge in [-0.05, 0) is 36.8 Å². The Morgan fingerprint density at radius 3 is 2.68 bits per heavy atom. The number of fused-ring (bicyclic) bond motifs is 1. The maximum absolute atomic E-state index is 11.8. The van der Waals surface area contributed by atoms with Crippen molar-refractivity contribution in [3.8, 4) is 0 Å². The second-order valence-corrected chi connectivity index (χ2v) is 8.47. The molecule has 4 rings (SSSR count). The molecule has 0 spiro atoms. The average molecular weight is 387 g/mol. The highest BCUT2D eigenvalue weighted by molar-refractivity contribution is 5.83. The third kappa shape index (κ3) is 4.92. The zero-order valence-electron chi connectivity index (χ0n) is 16.2. The van der Waals surface area contributed by atoms with E-state index in [0.717, 1.165) is 42.2 Å². The number of carboxylic acid groups (broad SMARTS) is 1. The summed E-state index contributed by atoms with van der Waals surface area (Å²) in [4.78, 5) is 16.1. The van der Waals surface area contributed by atoms with Crippen LogP contribution in [0.3, 0.4) is 0 Å². The molecule has 6 nitrogen and oxygen atoms in total. The molecule has 2 heterocycles. The molecule has 2 aliphatic carbocycles. The minimum atomic E-state index is -1.90. The lowest BCUT2D eigenvalue weighted by molar-refractivity contribution is -0.160. The van der Waals surface area contributed by atoms with Crippen molar-refractivity contribution >= 4 is 16.9 Å². The number of aryl methyl sites for hydroxylation is 1. The molecule has 2 aromatic rings. The Labute approximate surface area is 164 Å². The fourth-order valence-corrected chi connectivity index (χ4v) is 3.64. The molecule has 2 N–H and O–H groups in total. The second kappa shape index (κ2) is 8.21. The maximum atomic E-state index is 11.8. The van der Waals surface area contributed by atoms with Gasteiger partial charge in [0, 0.05) is 44.1 Å². The van der Waals surface area contributed by atoms with Crippen molar-refractivity contribution in [2.24, 2.45) is 11.8 Å². The normalized spacial score (nSPS) is 19.0. The summed E-state index contributed by atoms with van der Waals surface area (Å²) in [6, 6.07) is 3.74. The van der Waals surface area contributed by atoms with E-state index in [1.807, 2.05) is 6.07 Å². The fourth-order valence-electron chi connectivity index (χ4n) is 3.64. The monoisotopic (exact) mass is 387 g/mol. The number of carboxylic acids is 1. The van der Waals surface area contributed by atoms with Gasteiger partial charge in [0.25, 0.3) is 0 Å². The number of hydrogen-bond donors (Lipinski definition) is 2. The lowest BCUT2D eigenvalue weighted by Crippen LogP contribution is -2.42. The molecule has 1 atom stereocenters. The van der Waals surface area contributed by atoms with E-state index in [9.17, 15) is 15.0 Å². The number of hydrogen-bond acceptors (Lipinski definition) is 5. The van der Waals surface area contributed by atoms with Crippen LogP contribution in [0.2, 0.25) is 0 Å². The number of nitrogens with zero attached hydrogens (tertiary/aromatic N) is 1. The van der Waals surface area contributed by atoms with E-state index in [4.69, 9.17) is 9.15 Å². The standard InChI is InChI=1S/C22H29NO5/c24-21(25)22(26,9-12-27-11-8-16-3-4-16)14-19-18-13-17(6-5-15-1-2-15)28-20(18)7-10-23-19/h7,10,13,15-16,26H,1-6,8-9,11-12,14H2,(H,24,25). The van der Waals surface area contributed by atoms with Crippen LogP contribution < -0.4 is 0 Å². The van der Waals surface area contributed by atoms with Crippen LogP contribution in [0.25, 0.3) is 11.0 Å². The Kier molecular flexibility index (Phi) is 5.69. The second-order valence-electron chi connectivity index (χ2n) is 8.47. The van der Waals surface area contributed by atoms with E-state index < -0.39 is 11.6 Å². The van der Waals surface area contributed by atoms with Gasteiger partial charge in [-0.15, -0.1) is 0 Å². The van der Waals surface area contributed by atoms with Crippen LogP contribution in [0.1, 0.15) is 56.4 Å². The van der Waals surface area contributed by atoms with Crippen molar-refractivity contribution in [3.05, 3.63) is 29.8 Å². The molecule has 2 fully saturated rings. The number of carbonyl (C=O) groups is 1. The highest BCUT2D eigenvalue weighted by Crippen LogP contribution is 2.35. The van der Waals surface area contributed by atoms with E-state index in [-0.39, 0.29) is 19.4 Å². The molecule has 1 unspecified atom stereocenters. The molecule has 0 bridgehead atoms. The first-order valence-corrected chi connectivity index (χ1v) is 10.4. The summed E-state index contributed by atoms with van der Waals surface area (Å²) in [6.07, 6.45) is 9.77. The number of aliphatic carboxylic acids is 1. The number of aromatic nitrogens is 1. The molecule has 6 heteroatoms. The highest BCUT2D eigenvalue weighted by atomic mass is 16.5. The summed E-state index contributed by atoms with van der Waals surface area (Å²) in [5.41, 5.74) is -0.641. The van der Waals surface area contributed by atoms with Crippen molar-refractivity contribution in [1.82, 2.24) is 4.98 Å². The summed E-state index contributed by atoms with van der Waals surface area (Å²) in [5, 5.41) is 21.2. The van der Waals surface area contributed by atoms with E-state index >= 15 is 0 Å². The van der Waals surface area contributed by atoms with Crippen molar-refractivity contribution in [2.45, 2.75) is 63.4 Å². The Balaban J connectivity index is 1.41. The predicted octanol–water partition coefficient (Wildman–Crippen LogP) is 3.74. The number of aliphatic hydroxyl groups is 1. The van der Waals surface area contributed by atoms with Crippen LogP contribution in [0.15, 0.2) is 22.7 Å². The van der Waals surface area contributed by atoms with Crippen LogP contribution >= 0.6 is 0 Å². The topological polar surface area (TPSA) is 92.8 Å². The third-order valence-corrected chi connectivity index (χ3v) is 5.96. The third-order valence-electron chi connectivity index (χ3n) is 5.96. The Morgan fingerprint density at radius 2 is 1.96 bits per heavy atom. The summed E-state index contributed by atoms with van der Waals surface area (Å²) in [7, 11) is 0. The molecule has 2 aromatic heterocycles. The summed E-state index contributed by atoms with van der Waals surface area (Å²) in [5.74, 6) is 1.26. The van der Waals surface area contributed by atoms with Gasteiger partial charge >= 0.3 is 5.97 Å². The first-order chi connectivity index (χ1) is 13.5. The van der Waals surface area contributed by atoms with E-state index in [1.165, 1.54) is 25.7 Å². The van der Waals surface area contributed by atoms with Crippen LogP contribution in [0.4, 0.5) is 0 Å². The number of rotatable bonds is 12. The maximum Gasteiger partial charge on any atom is 0.336 e. The summed E-state index contributed by atoms with van der Waals surface area (Å²) < 4.78 is 11.5. The quantitative estimate of drug-likeness (QED) is 0.539. The van der Waals surface area contributed by atoms with E-state index in [0.29, 0.717) is 17.9 Å². The van der Waals surface area contributed by atoms with Gasteiger partial charge in [-0.25, -0.2) is 4.79 Å². The van der Waals surface area contributed by atoms with Crippen LogP contribution in [0.5, 0.6) is 0 Å². The van der Waals surface area contributed by atoms with Gasteiger partial charge in [0.15, 0.2) is 5.60 Å². The summed E-state index contributed by atoms with van der Waals surface area (Å²) >= 11 is 0. The van der Waals surface area contributed by atoms with Gasteiger partial charge in [0.2, 0.25) is 0 Å². The first-order valence-electron chi connectivity index (χ1n) is 10.4. The molecule has 152 valence electrons. The Hall–Kier alpha value is -1.92. The molecule has 0 saturated heterocycles. The van der Waals surface area contributed by atoms with Gasteiger partial charge in [0.1, 0.15) is 11.3 Å². The smallest absolute Gasteiger partial charge is 0.336 e.